The normalized spacial score (nSPS) is 19.9. The number of thioether (sulfide) groups is 1. The van der Waals surface area contributed by atoms with Gasteiger partial charge in [0.1, 0.15) is 0 Å². The Morgan fingerprint density at radius 3 is 2.80 bits per heavy atom. The Bertz CT molecular complexity index is 546. The van der Waals surface area contributed by atoms with Crippen molar-refractivity contribution < 1.29 is 13.5 Å². The minimum Gasteiger partial charge on any atom is -0.390 e. The average Bonchev–Trinajstić information content (AvgIpc) is 3.05. The highest BCUT2D eigenvalue weighted by molar-refractivity contribution is 7.99. The molecular weight excluding hydrogens is 296 g/mol. The average molecular weight is 318 g/mol. The summed E-state index contributed by atoms with van der Waals surface area (Å²) in [6.07, 6.45) is 2.67. The molecule has 1 atom stereocenters. The third-order valence-electron chi connectivity index (χ3n) is 3.52. The lowest BCUT2D eigenvalue weighted by molar-refractivity contribution is 0.268. The summed E-state index contributed by atoms with van der Waals surface area (Å²) >= 11 is 1.87. The van der Waals surface area contributed by atoms with Crippen LogP contribution in [0.15, 0.2) is 17.2 Å². The van der Waals surface area contributed by atoms with E-state index in [4.69, 9.17) is 0 Å². The second-order valence-electron chi connectivity index (χ2n) is 5.41. The van der Waals surface area contributed by atoms with E-state index in [1.165, 1.54) is 0 Å². The quantitative estimate of drug-likeness (QED) is 0.835. The fraction of sp³-hybridized carbons (Fsp3) is 0.692. The summed E-state index contributed by atoms with van der Waals surface area (Å²) in [5.74, 6) is 2.57. The van der Waals surface area contributed by atoms with Crippen LogP contribution in [0.1, 0.15) is 32.0 Å². The zero-order valence-corrected chi connectivity index (χ0v) is 13.5. The van der Waals surface area contributed by atoms with Crippen LogP contribution in [0.25, 0.3) is 0 Å². The molecule has 0 radical (unpaired) electrons. The lowest BCUT2D eigenvalue weighted by Gasteiger charge is -2.11. The van der Waals surface area contributed by atoms with Gasteiger partial charge in [-0.3, -0.25) is 0 Å². The van der Waals surface area contributed by atoms with E-state index in [2.05, 4.69) is 4.72 Å². The number of hydrogen-bond donors (Lipinski definition) is 2. The Morgan fingerprint density at radius 2 is 2.30 bits per heavy atom. The molecule has 1 aliphatic heterocycles. The van der Waals surface area contributed by atoms with Crippen LogP contribution in [0.5, 0.6) is 0 Å². The van der Waals surface area contributed by atoms with E-state index in [-0.39, 0.29) is 17.5 Å². The maximum absolute atomic E-state index is 12.3. The Hall–Kier alpha value is -0.500. The van der Waals surface area contributed by atoms with Gasteiger partial charge in [0.15, 0.2) is 0 Å². The standard InChI is InChI=1S/C13H22N2O3S2/c1-10(2)15-7-13(5-12(15)8-16)20(17,18)14-6-11-3-4-19-9-11/h5,7,10-11,14,16H,3-4,6,8-9H2,1-2H3. The molecule has 114 valence electrons. The van der Waals surface area contributed by atoms with Gasteiger partial charge in [0.25, 0.3) is 0 Å². The van der Waals surface area contributed by atoms with E-state index in [1.54, 1.807) is 16.8 Å². The van der Waals surface area contributed by atoms with Gasteiger partial charge in [0.2, 0.25) is 10.0 Å². The molecule has 0 bridgehead atoms. The molecule has 1 aliphatic rings. The molecule has 1 unspecified atom stereocenters. The molecule has 0 amide bonds. The van der Waals surface area contributed by atoms with Crippen LogP contribution in [-0.4, -0.2) is 36.1 Å². The Kier molecular flexibility index (Phi) is 5.17. The summed E-state index contributed by atoms with van der Waals surface area (Å²) in [4.78, 5) is 0.237. The van der Waals surface area contributed by atoms with E-state index < -0.39 is 10.0 Å². The number of nitrogens with one attached hydrogen (secondary N) is 1. The number of nitrogens with zero attached hydrogens (tertiary/aromatic N) is 1. The topological polar surface area (TPSA) is 71.3 Å². The van der Waals surface area contributed by atoms with Crippen LogP contribution in [0.3, 0.4) is 0 Å². The van der Waals surface area contributed by atoms with Gasteiger partial charge in [-0.2, -0.15) is 11.8 Å². The van der Waals surface area contributed by atoms with Crippen LogP contribution < -0.4 is 4.72 Å². The largest absolute Gasteiger partial charge is 0.390 e. The van der Waals surface area contributed by atoms with Crippen molar-refractivity contribution in [3.05, 3.63) is 18.0 Å². The van der Waals surface area contributed by atoms with Gasteiger partial charge >= 0.3 is 0 Å². The third-order valence-corrected chi connectivity index (χ3v) is 6.14. The maximum Gasteiger partial charge on any atom is 0.242 e. The Morgan fingerprint density at radius 1 is 1.55 bits per heavy atom. The molecule has 5 nitrogen and oxygen atoms in total. The Labute approximate surface area is 124 Å². The van der Waals surface area contributed by atoms with Crippen molar-refractivity contribution >= 4 is 21.8 Å². The summed E-state index contributed by atoms with van der Waals surface area (Å²) in [5.41, 5.74) is 0.622. The second-order valence-corrected chi connectivity index (χ2v) is 8.32. The molecule has 2 heterocycles. The highest BCUT2D eigenvalue weighted by Crippen LogP contribution is 2.24. The van der Waals surface area contributed by atoms with Crippen LogP contribution >= 0.6 is 11.8 Å². The third kappa shape index (κ3) is 3.58. The van der Waals surface area contributed by atoms with Crippen LogP contribution in [0.4, 0.5) is 0 Å². The maximum atomic E-state index is 12.3. The van der Waals surface area contributed by atoms with Gasteiger partial charge in [0.05, 0.1) is 11.5 Å². The molecule has 1 aromatic heterocycles. The van der Waals surface area contributed by atoms with Gasteiger partial charge in [-0.1, -0.05) is 0 Å². The highest BCUT2D eigenvalue weighted by atomic mass is 32.2. The molecule has 0 aromatic carbocycles. The zero-order valence-electron chi connectivity index (χ0n) is 11.9. The SMILES string of the molecule is CC(C)n1cc(S(=O)(=O)NCC2CCSC2)cc1CO. The summed E-state index contributed by atoms with van der Waals surface area (Å²) in [7, 11) is -3.48. The first-order valence-corrected chi connectivity index (χ1v) is 9.47. The van der Waals surface area contributed by atoms with Gasteiger partial charge in [-0.15, -0.1) is 0 Å². The van der Waals surface area contributed by atoms with Crippen molar-refractivity contribution in [3.63, 3.8) is 0 Å². The number of rotatable bonds is 6. The molecule has 2 rings (SSSR count). The van der Waals surface area contributed by atoms with Crippen LogP contribution in [0, 0.1) is 5.92 Å². The lowest BCUT2D eigenvalue weighted by atomic mass is 10.1. The predicted octanol–water partition coefficient (Wildman–Crippen LogP) is 1.59. The number of sulfonamides is 1. The molecule has 20 heavy (non-hydrogen) atoms. The van der Waals surface area contributed by atoms with E-state index in [0.29, 0.717) is 18.2 Å². The first-order valence-electron chi connectivity index (χ1n) is 6.83. The van der Waals surface area contributed by atoms with E-state index in [0.717, 1.165) is 17.9 Å². The zero-order chi connectivity index (χ0) is 14.8. The fourth-order valence-corrected chi connectivity index (χ4v) is 4.76. The summed E-state index contributed by atoms with van der Waals surface area (Å²) in [5, 5.41) is 9.31. The number of hydrogen-bond acceptors (Lipinski definition) is 4. The van der Waals surface area contributed by atoms with E-state index >= 15 is 0 Å². The molecule has 0 spiro atoms. The van der Waals surface area contributed by atoms with Crippen molar-refractivity contribution in [2.24, 2.45) is 5.92 Å². The van der Waals surface area contributed by atoms with Gasteiger partial charge in [-0.05, 0) is 43.8 Å². The van der Waals surface area contributed by atoms with Crippen molar-refractivity contribution in [3.8, 4) is 0 Å². The Balaban J connectivity index is 2.12. The lowest BCUT2D eigenvalue weighted by Crippen LogP contribution is -2.29. The highest BCUT2D eigenvalue weighted by Gasteiger charge is 2.22. The summed E-state index contributed by atoms with van der Waals surface area (Å²) in [6, 6.07) is 1.67. The monoisotopic (exact) mass is 318 g/mol. The van der Waals surface area contributed by atoms with Gasteiger partial charge < -0.3 is 9.67 Å². The fourth-order valence-electron chi connectivity index (χ4n) is 2.31. The van der Waals surface area contributed by atoms with Crippen molar-refractivity contribution in [1.82, 2.24) is 9.29 Å². The van der Waals surface area contributed by atoms with E-state index in [9.17, 15) is 13.5 Å². The number of aliphatic hydroxyl groups is 1. The van der Waals surface area contributed by atoms with Crippen molar-refractivity contribution in [1.29, 1.82) is 0 Å². The predicted molar refractivity (Wildman–Crippen MR) is 81.4 cm³/mol. The minimum atomic E-state index is -3.48. The van der Waals surface area contributed by atoms with Gasteiger partial charge in [0, 0.05) is 24.5 Å². The first-order chi connectivity index (χ1) is 9.44. The smallest absolute Gasteiger partial charge is 0.242 e. The molecule has 1 aromatic rings. The number of aromatic nitrogens is 1. The summed E-state index contributed by atoms with van der Waals surface area (Å²) in [6.45, 7) is 4.25. The second kappa shape index (κ2) is 6.51. The van der Waals surface area contributed by atoms with Crippen LogP contribution in [-0.2, 0) is 16.6 Å². The summed E-state index contributed by atoms with van der Waals surface area (Å²) < 4.78 is 29.0. The van der Waals surface area contributed by atoms with Crippen LogP contribution in [0.2, 0.25) is 0 Å². The molecular formula is C13H22N2O3S2. The molecule has 0 aliphatic carbocycles. The molecule has 1 saturated heterocycles. The first kappa shape index (κ1) is 15.9. The molecule has 0 saturated carbocycles. The van der Waals surface area contributed by atoms with Gasteiger partial charge in [-0.25, -0.2) is 13.1 Å². The van der Waals surface area contributed by atoms with E-state index in [1.807, 2.05) is 25.6 Å². The van der Waals surface area contributed by atoms with Crippen molar-refractivity contribution in [2.45, 2.75) is 37.8 Å². The molecule has 2 N–H and O–H groups in total. The minimum absolute atomic E-state index is 0.118. The van der Waals surface area contributed by atoms with Crippen molar-refractivity contribution in [2.75, 3.05) is 18.1 Å². The number of aliphatic hydroxyl groups excluding tert-OH is 1. The molecule has 7 heteroatoms. The molecule has 1 fully saturated rings.